The maximum Gasteiger partial charge on any atom is 0.326 e. The third kappa shape index (κ3) is 8.01. The second-order valence-corrected chi connectivity index (χ2v) is 6.47. The van der Waals surface area contributed by atoms with Crippen LogP contribution in [-0.4, -0.2) is 94.0 Å². The zero-order valence-electron chi connectivity index (χ0n) is 15.6. The van der Waals surface area contributed by atoms with Gasteiger partial charge in [0.15, 0.2) is 0 Å². The summed E-state index contributed by atoms with van der Waals surface area (Å²) in [6, 6.07) is -4.98. The molecule has 1 fully saturated rings. The molecule has 13 heteroatoms. The first kappa shape index (κ1) is 24.3. The molecule has 8 N–H and O–H groups in total. The van der Waals surface area contributed by atoms with Crippen LogP contribution in [-0.2, 0) is 24.0 Å². The van der Waals surface area contributed by atoms with Crippen molar-refractivity contribution < 1.29 is 44.4 Å². The van der Waals surface area contributed by atoms with Crippen LogP contribution in [0.25, 0.3) is 0 Å². The minimum atomic E-state index is -1.57. The Hall–Kier alpha value is -2.77. The van der Waals surface area contributed by atoms with Gasteiger partial charge in [0, 0.05) is 6.42 Å². The Balaban J connectivity index is 2.66. The van der Waals surface area contributed by atoms with E-state index in [1.165, 1.54) is 0 Å². The number of carbonyl (C=O) groups is 5. The number of aliphatic hydroxyl groups excluding tert-OH is 2. The van der Waals surface area contributed by atoms with Gasteiger partial charge in [0.1, 0.15) is 18.1 Å². The van der Waals surface area contributed by atoms with Crippen molar-refractivity contribution in [3.05, 3.63) is 0 Å². The van der Waals surface area contributed by atoms with Crippen LogP contribution in [0.3, 0.4) is 0 Å². The Labute approximate surface area is 165 Å². The van der Waals surface area contributed by atoms with E-state index in [4.69, 9.17) is 10.2 Å². The number of amides is 3. The number of carbonyl (C=O) groups excluding carboxylic acids is 3. The van der Waals surface area contributed by atoms with Gasteiger partial charge < -0.3 is 41.7 Å². The maximum absolute atomic E-state index is 12.2. The lowest BCUT2D eigenvalue weighted by Gasteiger charge is -2.23. The van der Waals surface area contributed by atoms with Crippen LogP contribution < -0.4 is 21.3 Å². The van der Waals surface area contributed by atoms with E-state index in [1.807, 2.05) is 5.32 Å². The maximum atomic E-state index is 12.2. The average Bonchev–Trinajstić information content (AvgIpc) is 3.21. The second kappa shape index (κ2) is 11.9. The molecule has 1 heterocycles. The molecule has 0 spiro atoms. The fourth-order valence-corrected chi connectivity index (χ4v) is 2.64. The van der Waals surface area contributed by atoms with Crippen molar-refractivity contribution in [3.63, 3.8) is 0 Å². The van der Waals surface area contributed by atoms with Crippen LogP contribution in [0, 0.1) is 0 Å². The van der Waals surface area contributed by atoms with E-state index in [0.29, 0.717) is 13.0 Å². The first-order valence-corrected chi connectivity index (χ1v) is 9.00. The van der Waals surface area contributed by atoms with Gasteiger partial charge in [0.2, 0.25) is 17.7 Å². The van der Waals surface area contributed by atoms with E-state index in [-0.39, 0.29) is 0 Å². The first-order valence-electron chi connectivity index (χ1n) is 9.00. The number of carboxylic acids is 2. The van der Waals surface area contributed by atoms with Crippen molar-refractivity contribution in [2.75, 3.05) is 19.8 Å². The monoisotopic (exact) mass is 418 g/mol. The highest BCUT2D eigenvalue weighted by atomic mass is 16.4. The van der Waals surface area contributed by atoms with Crippen molar-refractivity contribution in [1.82, 2.24) is 21.3 Å². The molecule has 0 aromatic carbocycles. The molecule has 13 nitrogen and oxygen atoms in total. The first-order chi connectivity index (χ1) is 13.7. The summed E-state index contributed by atoms with van der Waals surface area (Å²) >= 11 is 0. The number of rotatable bonds is 12. The summed E-state index contributed by atoms with van der Waals surface area (Å²) in [5.74, 6) is -5.24. The van der Waals surface area contributed by atoms with Crippen molar-refractivity contribution in [2.45, 2.75) is 49.9 Å². The number of aliphatic hydroxyl groups is 2. The minimum Gasteiger partial charge on any atom is -0.481 e. The van der Waals surface area contributed by atoms with Crippen LogP contribution in [0.4, 0.5) is 0 Å². The molecular weight excluding hydrogens is 392 g/mol. The SMILES string of the molecule is O=C(O)CCC(NC(=O)C(CO)NC(=O)C(CO)NC(=O)C1CCCN1)C(=O)O. The van der Waals surface area contributed by atoms with E-state index in [0.717, 1.165) is 6.42 Å². The highest BCUT2D eigenvalue weighted by Crippen LogP contribution is 2.05. The van der Waals surface area contributed by atoms with Crippen LogP contribution in [0.5, 0.6) is 0 Å². The van der Waals surface area contributed by atoms with E-state index in [9.17, 15) is 34.2 Å². The number of hydrogen-bond donors (Lipinski definition) is 8. The zero-order chi connectivity index (χ0) is 22.0. The highest BCUT2D eigenvalue weighted by Gasteiger charge is 2.31. The fraction of sp³-hybridized carbons (Fsp3) is 0.688. The molecule has 0 bridgehead atoms. The molecule has 1 aliphatic rings. The van der Waals surface area contributed by atoms with E-state index < -0.39 is 79.9 Å². The number of carboxylic acid groups (broad SMARTS) is 2. The van der Waals surface area contributed by atoms with Gasteiger partial charge in [-0.2, -0.15) is 0 Å². The van der Waals surface area contributed by atoms with Crippen LogP contribution in [0.2, 0.25) is 0 Å². The predicted molar refractivity (Wildman–Crippen MR) is 95.5 cm³/mol. The molecule has 4 unspecified atom stereocenters. The van der Waals surface area contributed by atoms with Crippen molar-refractivity contribution in [3.8, 4) is 0 Å². The van der Waals surface area contributed by atoms with Gasteiger partial charge in [-0.15, -0.1) is 0 Å². The molecule has 1 aliphatic heterocycles. The van der Waals surface area contributed by atoms with Gasteiger partial charge >= 0.3 is 11.9 Å². The Kier molecular flexibility index (Phi) is 9.99. The zero-order valence-corrected chi connectivity index (χ0v) is 15.6. The van der Waals surface area contributed by atoms with E-state index in [1.54, 1.807) is 0 Å². The topological polar surface area (TPSA) is 214 Å². The highest BCUT2D eigenvalue weighted by molar-refractivity contribution is 5.94. The smallest absolute Gasteiger partial charge is 0.326 e. The standard InChI is InChI=1S/C16H26N4O9/c21-6-10(14(26)18-9(16(28)29)3-4-12(23)24)20-15(27)11(7-22)19-13(25)8-2-1-5-17-8/h8-11,17,21-22H,1-7H2,(H,18,26)(H,19,25)(H,20,27)(H,23,24)(H,28,29). The second-order valence-electron chi connectivity index (χ2n) is 6.47. The fourth-order valence-electron chi connectivity index (χ4n) is 2.64. The molecule has 1 rings (SSSR count). The molecule has 0 aliphatic carbocycles. The third-order valence-electron chi connectivity index (χ3n) is 4.27. The van der Waals surface area contributed by atoms with Gasteiger partial charge in [0.25, 0.3) is 0 Å². The number of hydrogen-bond acceptors (Lipinski definition) is 8. The van der Waals surface area contributed by atoms with Crippen LogP contribution in [0.1, 0.15) is 25.7 Å². The molecule has 0 saturated carbocycles. The van der Waals surface area contributed by atoms with Crippen molar-refractivity contribution in [1.29, 1.82) is 0 Å². The summed E-state index contributed by atoms with van der Waals surface area (Å²) in [6.07, 6.45) is 0.446. The summed E-state index contributed by atoms with van der Waals surface area (Å²) in [5, 5.41) is 45.8. The Bertz CT molecular complexity index is 622. The summed E-state index contributed by atoms with van der Waals surface area (Å²) < 4.78 is 0. The Morgan fingerprint density at radius 3 is 1.90 bits per heavy atom. The van der Waals surface area contributed by atoms with Gasteiger partial charge in [0.05, 0.1) is 19.3 Å². The summed E-state index contributed by atoms with van der Waals surface area (Å²) in [4.78, 5) is 58.2. The molecule has 0 aromatic rings. The molecule has 4 atom stereocenters. The molecule has 0 radical (unpaired) electrons. The largest absolute Gasteiger partial charge is 0.481 e. The number of aliphatic carboxylic acids is 2. The van der Waals surface area contributed by atoms with Gasteiger partial charge in [-0.25, -0.2) is 4.79 Å². The van der Waals surface area contributed by atoms with Crippen molar-refractivity contribution in [2.24, 2.45) is 0 Å². The molecule has 0 aromatic heterocycles. The third-order valence-corrected chi connectivity index (χ3v) is 4.27. The van der Waals surface area contributed by atoms with Gasteiger partial charge in [-0.1, -0.05) is 0 Å². The van der Waals surface area contributed by atoms with Crippen LogP contribution >= 0.6 is 0 Å². The Morgan fingerprint density at radius 1 is 0.897 bits per heavy atom. The lowest BCUT2D eigenvalue weighted by molar-refractivity contribution is -0.143. The average molecular weight is 418 g/mol. The lowest BCUT2D eigenvalue weighted by atomic mass is 10.1. The minimum absolute atomic E-state index is 0.397. The van der Waals surface area contributed by atoms with Gasteiger partial charge in [-0.3, -0.25) is 19.2 Å². The Morgan fingerprint density at radius 2 is 1.45 bits per heavy atom. The quantitative estimate of drug-likeness (QED) is 0.154. The normalized spacial score (nSPS) is 18.9. The van der Waals surface area contributed by atoms with E-state index >= 15 is 0 Å². The van der Waals surface area contributed by atoms with Crippen LogP contribution in [0.15, 0.2) is 0 Å². The summed E-state index contributed by atoms with van der Waals surface area (Å²) in [7, 11) is 0. The van der Waals surface area contributed by atoms with E-state index in [2.05, 4.69) is 16.0 Å². The molecule has 3 amide bonds. The predicted octanol–water partition coefficient (Wildman–Crippen LogP) is -3.87. The molecule has 1 saturated heterocycles. The molecule has 29 heavy (non-hydrogen) atoms. The molecular formula is C16H26N4O9. The van der Waals surface area contributed by atoms with Gasteiger partial charge in [-0.05, 0) is 25.8 Å². The number of nitrogens with one attached hydrogen (secondary N) is 4. The summed E-state index contributed by atoms with van der Waals surface area (Å²) in [5.41, 5.74) is 0. The molecule has 164 valence electrons. The summed E-state index contributed by atoms with van der Waals surface area (Å²) in [6.45, 7) is -1.01. The van der Waals surface area contributed by atoms with Crippen molar-refractivity contribution >= 4 is 29.7 Å². The lowest BCUT2D eigenvalue weighted by Crippen LogP contribution is -2.58.